The number of methoxy groups -OCH3 is 1. The van der Waals surface area contributed by atoms with E-state index in [1.165, 1.54) is 6.42 Å². The first-order valence-corrected chi connectivity index (χ1v) is 8.41. The van der Waals surface area contributed by atoms with Crippen molar-refractivity contribution in [3.63, 3.8) is 0 Å². The van der Waals surface area contributed by atoms with Gasteiger partial charge >= 0.3 is 0 Å². The number of hydrogen-bond donors (Lipinski definition) is 1. The van der Waals surface area contributed by atoms with Gasteiger partial charge in [0.2, 0.25) is 5.28 Å². The van der Waals surface area contributed by atoms with Gasteiger partial charge in [0.05, 0.1) is 6.10 Å². The number of rotatable bonds is 4. The van der Waals surface area contributed by atoms with Crippen LogP contribution in [-0.4, -0.2) is 35.1 Å². The molecule has 6 heteroatoms. The average molecular weight is 324 g/mol. The Morgan fingerprint density at radius 1 is 1.23 bits per heavy atom. The van der Waals surface area contributed by atoms with Gasteiger partial charge in [0.15, 0.2) is 0 Å². The largest absolute Gasteiger partial charge is 0.381 e. The molecular formula is C16H22ClN3O2. The fourth-order valence-corrected chi connectivity index (χ4v) is 3.36. The predicted octanol–water partition coefficient (Wildman–Crippen LogP) is 3.08. The summed E-state index contributed by atoms with van der Waals surface area (Å²) in [7, 11) is 1.74. The van der Waals surface area contributed by atoms with Gasteiger partial charge in [-0.25, -0.2) is 9.97 Å². The molecule has 1 N–H and O–H groups in total. The standard InChI is InChI=1S/C16H22ClN3O2/c1-22-12-7-5-11(6-8-12)18-15(21)14-9-13(10-3-2-4-10)19-16(17)20-14/h9-12H,2-8H2,1H3,(H,18,21). The molecule has 1 aromatic rings. The van der Waals surface area contributed by atoms with E-state index in [1.807, 2.05) is 0 Å². The molecule has 0 aliphatic heterocycles. The summed E-state index contributed by atoms with van der Waals surface area (Å²) in [6.07, 6.45) is 7.64. The Bertz CT molecular complexity index is 540. The lowest BCUT2D eigenvalue weighted by Gasteiger charge is -2.28. The molecule has 0 aromatic carbocycles. The highest BCUT2D eigenvalue weighted by Gasteiger charge is 2.25. The second-order valence-electron chi connectivity index (χ2n) is 6.26. The van der Waals surface area contributed by atoms with E-state index in [9.17, 15) is 4.79 Å². The molecule has 2 aliphatic carbocycles. The van der Waals surface area contributed by atoms with Crippen LogP contribution >= 0.6 is 11.6 Å². The number of nitrogens with one attached hydrogen (secondary N) is 1. The molecule has 0 spiro atoms. The Balaban J connectivity index is 1.63. The highest BCUT2D eigenvalue weighted by Crippen LogP contribution is 2.35. The Morgan fingerprint density at radius 2 is 1.95 bits per heavy atom. The molecular weight excluding hydrogens is 302 g/mol. The van der Waals surface area contributed by atoms with E-state index in [1.54, 1.807) is 13.2 Å². The van der Waals surface area contributed by atoms with Gasteiger partial charge in [0, 0.05) is 24.8 Å². The lowest BCUT2D eigenvalue weighted by Crippen LogP contribution is -2.39. The van der Waals surface area contributed by atoms with Crippen molar-refractivity contribution in [1.82, 2.24) is 15.3 Å². The second-order valence-corrected chi connectivity index (χ2v) is 6.60. The number of nitrogens with zero attached hydrogens (tertiary/aromatic N) is 2. The monoisotopic (exact) mass is 323 g/mol. The fraction of sp³-hybridized carbons (Fsp3) is 0.688. The molecule has 0 atom stereocenters. The van der Waals surface area contributed by atoms with Crippen LogP contribution in [0.3, 0.4) is 0 Å². The molecule has 22 heavy (non-hydrogen) atoms. The van der Waals surface area contributed by atoms with E-state index in [0.29, 0.717) is 17.7 Å². The van der Waals surface area contributed by atoms with Gasteiger partial charge < -0.3 is 10.1 Å². The van der Waals surface area contributed by atoms with E-state index in [2.05, 4.69) is 15.3 Å². The summed E-state index contributed by atoms with van der Waals surface area (Å²) in [5.74, 6) is 0.287. The van der Waals surface area contributed by atoms with Gasteiger partial charge in [-0.3, -0.25) is 4.79 Å². The van der Waals surface area contributed by atoms with Crippen LogP contribution in [0.4, 0.5) is 0 Å². The molecule has 2 aliphatic rings. The molecule has 5 nitrogen and oxygen atoms in total. The van der Waals surface area contributed by atoms with Gasteiger partial charge in [-0.05, 0) is 56.2 Å². The molecule has 0 radical (unpaired) electrons. The Hall–Kier alpha value is -1.20. The Labute approximate surface area is 135 Å². The molecule has 2 saturated carbocycles. The van der Waals surface area contributed by atoms with E-state index < -0.39 is 0 Å². The second kappa shape index (κ2) is 6.92. The zero-order valence-corrected chi connectivity index (χ0v) is 13.6. The number of carbonyl (C=O) groups excluding carboxylic acids is 1. The number of amides is 1. The summed E-state index contributed by atoms with van der Waals surface area (Å²) < 4.78 is 5.35. The SMILES string of the molecule is COC1CCC(NC(=O)c2cc(C3CCC3)nc(Cl)n2)CC1. The van der Waals surface area contributed by atoms with Crippen LogP contribution in [0.5, 0.6) is 0 Å². The summed E-state index contributed by atoms with van der Waals surface area (Å²) in [6.45, 7) is 0. The number of carbonyl (C=O) groups is 1. The average Bonchev–Trinajstić information content (AvgIpc) is 2.45. The van der Waals surface area contributed by atoms with Crippen molar-refractivity contribution in [2.75, 3.05) is 7.11 Å². The maximum atomic E-state index is 12.4. The predicted molar refractivity (Wildman–Crippen MR) is 84.2 cm³/mol. The molecule has 1 aromatic heterocycles. The molecule has 0 bridgehead atoms. The van der Waals surface area contributed by atoms with Crippen molar-refractivity contribution >= 4 is 17.5 Å². The van der Waals surface area contributed by atoms with Crippen molar-refractivity contribution in [1.29, 1.82) is 0 Å². The van der Waals surface area contributed by atoms with E-state index in [4.69, 9.17) is 16.3 Å². The van der Waals surface area contributed by atoms with Crippen LogP contribution in [0.1, 0.15) is 67.0 Å². The van der Waals surface area contributed by atoms with Crippen LogP contribution in [0.2, 0.25) is 5.28 Å². The lowest BCUT2D eigenvalue weighted by atomic mass is 9.82. The smallest absolute Gasteiger partial charge is 0.270 e. The number of aromatic nitrogens is 2. The molecule has 3 rings (SSSR count). The van der Waals surface area contributed by atoms with Gasteiger partial charge in [-0.2, -0.15) is 0 Å². The highest BCUT2D eigenvalue weighted by molar-refractivity contribution is 6.28. The fourth-order valence-electron chi connectivity index (χ4n) is 3.17. The van der Waals surface area contributed by atoms with Gasteiger partial charge in [0.25, 0.3) is 5.91 Å². The number of hydrogen-bond acceptors (Lipinski definition) is 4. The minimum Gasteiger partial charge on any atom is -0.381 e. The van der Waals surface area contributed by atoms with Gasteiger partial charge in [-0.15, -0.1) is 0 Å². The third-order valence-corrected chi connectivity index (χ3v) is 4.99. The first-order valence-electron chi connectivity index (χ1n) is 8.04. The number of ether oxygens (including phenoxy) is 1. The van der Waals surface area contributed by atoms with Crippen LogP contribution < -0.4 is 5.32 Å². The molecule has 1 amide bonds. The van der Waals surface area contributed by atoms with Crippen molar-refractivity contribution in [3.8, 4) is 0 Å². The van der Waals surface area contributed by atoms with Gasteiger partial charge in [-0.1, -0.05) is 6.42 Å². The van der Waals surface area contributed by atoms with Crippen molar-refractivity contribution in [2.45, 2.75) is 63.0 Å². The summed E-state index contributed by atoms with van der Waals surface area (Å²) in [5, 5.41) is 3.23. The third-order valence-electron chi connectivity index (χ3n) is 4.82. The highest BCUT2D eigenvalue weighted by atomic mass is 35.5. The zero-order valence-electron chi connectivity index (χ0n) is 12.8. The maximum Gasteiger partial charge on any atom is 0.270 e. The first kappa shape index (κ1) is 15.7. The first-order chi connectivity index (χ1) is 10.7. The van der Waals surface area contributed by atoms with Crippen LogP contribution in [-0.2, 0) is 4.74 Å². The zero-order chi connectivity index (χ0) is 15.5. The number of halogens is 1. The summed E-state index contributed by atoms with van der Waals surface area (Å²) in [6, 6.07) is 1.99. The van der Waals surface area contributed by atoms with Crippen molar-refractivity contribution in [2.24, 2.45) is 0 Å². The van der Waals surface area contributed by atoms with E-state index >= 15 is 0 Å². The Kier molecular flexibility index (Phi) is 4.93. The minimum atomic E-state index is -0.147. The van der Waals surface area contributed by atoms with Gasteiger partial charge in [0.1, 0.15) is 5.69 Å². The van der Waals surface area contributed by atoms with E-state index in [-0.39, 0.29) is 17.2 Å². The summed E-state index contributed by atoms with van der Waals surface area (Å²) in [4.78, 5) is 20.8. The molecule has 0 saturated heterocycles. The van der Waals surface area contributed by atoms with Crippen molar-refractivity contribution < 1.29 is 9.53 Å². The van der Waals surface area contributed by atoms with Crippen LogP contribution in [0.25, 0.3) is 0 Å². The van der Waals surface area contributed by atoms with E-state index in [0.717, 1.165) is 44.2 Å². The van der Waals surface area contributed by atoms with Crippen LogP contribution in [0, 0.1) is 0 Å². The topological polar surface area (TPSA) is 64.1 Å². The lowest BCUT2D eigenvalue weighted by molar-refractivity contribution is 0.0598. The third kappa shape index (κ3) is 3.58. The normalized spacial score (nSPS) is 25.5. The maximum absolute atomic E-state index is 12.4. The van der Waals surface area contributed by atoms with Crippen molar-refractivity contribution in [3.05, 3.63) is 22.7 Å². The molecule has 2 fully saturated rings. The quantitative estimate of drug-likeness (QED) is 0.865. The Morgan fingerprint density at radius 3 is 2.55 bits per heavy atom. The molecule has 0 unspecified atom stereocenters. The molecule has 1 heterocycles. The molecule has 120 valence electrons. The minimum absolute atomic E-state index is 0.147. The summed E-state index contributed by atoms with van der Waals surface area (Å²) >= 11 is 5.98. The summed E-state index contributed by atoms with van der Waals surface area (Å²) in [5.41, 5.74) is 1.29. The van der Waals surface area contributed by atoms with Crippen LogP contribution in [0.15, 0.2) is 6.07 Å².